The Morgan fingerprint density at radius 1 is 1.53 bits per heavy atom. The average Bonchev–Trinajstić information content (AvgIpc) is 2.46. The van der Waals surface area contributed by atoms with Crippen molar-refractivity contribution in [2.24, 2.45) is 5.73 Å². The molecule has 1 aliphatic rings. The highest BCUT2D eigenvalue weighted by atomic mass is 32.1. The molecule has 0 aromatic carbocycles. The lowest BCUT2D eigenvalue weighted by molar-refractivity contribution is -0.122. The SMILES string of the molecule is CNC(=O)C1CCCCN1c1cccc(C(N)=S)n1. The van der Waals surface area contributed by atoms with E-state index in [4.69, 9.17) is 18.0 Å². The largest absolute Gasteiger partial charge is 0.388 e. The first kappa shape index (κ1) is 13.7. The number of anilines is 1. The number of likely N-dealkylation sites (N-methyl/N-ethyl adjacent to an activating group) is 1. The molecule has 1 fully saturated rings. The summed E-state index contributed by atoms with van der Waals surface area (Å²) >= 11 is 4.94. The van der Waals surface area contributed by atoms with Crippen molar-refractivity contribution in [2.45, 2.75) is 25.3 Å². The first-order valence-electron chi connectivity index (χ1n) is 6.38. The van der Waals surface area contributed by atoms with E-state index in [-0.39, 0.29) is 16.9 Å². The number of pyridine rings is 1. The van der Waals surface area contributed by atoms with E-state index < -0.39 is 0 Å². The molecule has 1 aromatic heterocycles. The molecular weight excluding hydrogens is 260 g/mol. The highest BCUT2D eigenvalue weighted by molar-refractivity contribution is 7.80. The van der Waals surface area contributed by atoms with Crippen molar-refractivity contribution in [1.82, 2.24) is 10.3 Å². The number of amides is 1. The Balaban J connectivity index is 2.29. The molecule has 0 aliphatic carbocycles. The second kappa shape index (κ2) is 5.97. The van der Waals surface area contributed by atoms with Crippen LogP contribution in [0.15, 0.2) is 18.2 Å². The van der Waals surface area contributed by atoms with Gasteiger partial charge in [-0.2, -0.15) is 0 Å². The third-order valence-electron chi connectivity index (χ3n) is 3.33. The van der Waals surface area contributed by atoms with E-state index in [0.29, 0.717) is 5.69 Å². The first-order valence-corrected chi connectivity index (χ1v) is 6.79. The normalized spacial score (nSPS) is 19.0. The predicted octanol–water partition coefficient (Wildman–Crippen LogP) is 0.821. The van der Waals surface area contributed by atoms with Gasteiger partial charge in [0.05, 0.1) is 5.69 Å². The van der Waals surface area contributed by atoms with Gasteiger partial charge in [0.15, 0.2) is 0 Å². The summed E-state index contributed by atoms with van der Waals surface area (Å²) in [5, 5.41) is 2.71. The minimum Gasteiger partial charge on any atom is -0.388 e. The Hall–Kier alpha value is -1.69. The van der Waals surface area contributed by atoms with Crippen molar-refractivity contribution in [1.29, 1.82) is 0 Å². The Labute approximate surface area is 118 Å². The number of aromatic nitrogens is 1. The van der Waals surface area contributed by atoms with Crippen LogP contribution in [0.2, 0.25) is 0 Å². The fourth-order valence-electron chi connectivity index (χ4n) is 2.37. The average molecular weight is 278 g/mol. The molecule has 19 heavy (non-hydrogen) atoms. The smallest absolute Gasteiger partial charge is 0.242 e. The van der Waals surface area contributed by atoms with Gasteiger partial charge in [-0.15, -0.1) is 0 Å². The molecule has 1 unspecified atom stereocenters. The number of carbonyl (C=O) groups is 1. The zero-order chi connectivity index (χ0) is 13.8. The quantitative estimate of drug-likeness (QED) is 0.801. The number of rotatable bonds is 3. The molecule has 0 spiro atoms. The van der Waals surface area contributed by atoms with Crippen molar-refractivity contribution in [3.63, 3.8) is 0 Å². The van der Waals surface area contributed by atoms with Gasteiger partial charge in [-0.05, 0) is 31.4 Å². The van der Waals surface area contributed by atoms with Crippen LogP contribution in [-0.4, -0.2) is 35.5 Å². The van der Waals surface area contributed by atoms with E-state index in [2.05, 4.69) is 10.3 Å². The number of hydrogen-bond acceptors (Lipinski definition) is 4. The molecule has 1 amide bonds. The van der Waals surface area contributed by atoms with Gasteiger partial charge in [-0.25, -0.2) is 4.98 Å². The van der Waals surface area contributed by atoms with Gasteiger partial charge in [-0.3, -0.25) is 4.79 Å². The van der Waals surface area contributed by atoms with E-state index in [1.165, 1.54) is 0 Å². The van der Waals surface area contributed by atoms with Crippen LogP contribution in [-0.2, 0) is 4.79 Å². The molecular formula is C13H18N4OS. The third-order valence-corrected chi connectivity index (χ3v) is 3.54. The maximum Gasteiger partial charge on any atom is 0.242 e. The second-order valence-electron chi connectivity index (χ2n) is 4.56. The highest BCUT2D eigenvalue weighted by Crippen LogP contribution is 2.23. The maximum absolute atomic E-state index is 11.9. The number of nitrogens with zero attached hydrogens (tertiary/aromatic N) is 2. The lowest BCUT2D eigenvalue weighted by atomic mass is 10.0. The lowest BCUT2D eigenvalue weighted by Gasteiger charge is -2.35. The van der Waals surface area contributed by atoms with Gasteiger partial charge in [0.2, 0.25) is 5.91 Å². The summed E-state index contributed by atoms with van der Waals surface area (Å²) in [5.74, 6) is 0.792. The second-order valence-corrected chi connectivity index (χ2v) is 5.00. The van der Waals surface area contributed by atoms with E-state index in [1.807, 2.05) is 17.0 Å². The summed E-state index contributed by atoms with van der Waals surface area (Å²) in [7, 11) is 1.66. The van der Waals surface area contributed by atoms with Gasteiger partial charge < -0.3 is 16.0 Å². The predicted molar refractivity (Wildman–Crippen MR) is 79.2 cm³/mol. The zero-order valence-electron chi connectivity index (χ0n) is 10.9. The molecule has 0 saturated carbocycles. The van der Waals surface area contributed by atoms with Gasteiger partial charge in [0.25, 0.3) is 0 Å². The first-order chi connectivity index (χ1) is 9.13. The van der Waals surface area contributed by atoms with Crippen LogP contribution in [0.3, 0.4) is 0 Å². The summed E-state index contributed by atoms with van der Waals surface area (Å²) in [6, 6.07) is 5.38. The molecule has 1 aliphatic heterocycles. The van der Waals surface area contributed by atoms with Crippen LogP contribution in [0.4, 0.5) is 5.82 Å². The maximum atomic E-state index is 11.9. The van der Waals surface area contributed by atoms with E-state index in [9.17, 15) is 4.79 Å². The number of hydrogen-bond donors (Lipinski definition) is 2. The standard InChI is InChI=1S/C13H18N4OS/c1-15-13(18)10-6-2-3-8-17(10)11-7-4-5-9(16-11)12(14)19/h4-5,7,10H,2-3,6,8H2,1H3,(H2,14,19)(H,15,18). The Morgan fingerprint density at radius 2 is 2.32 bits per heavy atom. The van der Waals surface area contributed by atoms with Crippen molar-refractivity contribution < 1.29 is 4.79 Å². The molecule has 3 N–H and O–H groups in total. The molecule has 0 bridgehead atoms. The van der Waals surface area contributed by atoms with Crippen LogP contribution >= 0.6 is 12.2 Å². The van der Waals surface area contributed by atoms with Crippen LogP contribution in [0, 0.1) is 0 Å². The van der Waals surface area contributed by atoms with Crippen molar-refractivity contribution in [2.75, 3.05) is 18.5 Å². The third kappa shape index (κ3) is 3.01. The van der Waals surface area contributed by atoms with Crippen LogP contribution in [0.25, 0.3) is 0 Å². The number of nitrogens with one attached hydrogen (secondary N) is 1. The van der Waals surface area contributed by atoms with E-state index >= 15 is 0 Å². The van der Waals surface area contributed by atoms with Crippen molar-refractivity contribution >= 4 is 28.9 Å². The summed E-state index contributed by atoms with van der Waals surface area (Å²) in [4.78, 5) is 18.7. The summed E-state index contributed by atoms with van der Waals surface area (Å²) < 4.78 is 0. The van der Waals surface area contributed by atoms with Gasteiger partial charge in [0, 0.05) is 13.6 Å². The monoisotopic (exact) mass is 278 g/mol. The van der Waals surface area contributed by atoms with Crippen LogP contribution in [0.5, 0.6) is 0 Å². The molecule has 1 saturated heterocycles. The fourth-order valence-corrected chi connectivity index (χ4v) is 2.48. The zero-order valence-corrected chi connectivity index (χ0v) is 11.7. The Kier molecular flexibility index (Phi) is 4.31. The number of nitrogens with two attached hydrogens (primary N) is 1. The highest BCUT2D eigenvalue weighted by Gasteiger charge is 2.28. The lowest BCUT2D eigenvalue weighted by Crippen LogP contribution is -2.49. The van der Waals surface area contributed by atoms with E-state index in [0.717, 1.165) is 31.6 Å². The Bertz CT molecular complexity index is 491. The topological polar surface area (TPSA) is 71.2 Å². The summed E-state index contributed by atoms with van der Waals surface area (Å²) in [5.41, 5.74) is 6.20. The van der Waals surface area contributed by atoms with Gasteiger partial charge >= 0.3 is 0 Å². The minimum atomic E-state index is -0.159. The molecule has 1 aromatic rings. The fraction of sp³-hybridized carbons (Fsp3) is 0.462. The number of thiocarbonyl (C=S) groups is 1. The minimum absolute atomic E-state index is 0.0298. The van der Waals surface area contributed by atoms with Crippen LogP contribution < -0.4 is 16.0 Å². The van der Waals surface area contributed by atoms with Crippen molar-refractivity contribution in [3.05, 3.63) is 23.9 Å². The summed E-state index contributed by atoms with van der Waals surface area (Å²) in [6.07, 6.45) is 2.97. The molecule has 1 atom stereocenters. The number of piperidine rings is 1. The van der Waals surface area contributed by atoms with Gasteiger partial charge in [0.1, 0.15) is 16.8 Å². The Morgan fingerprint density at radius 3 is 3.00 bits per heavy atom. The molecule has 6 heteroatoms. The van der Waals surface area contributed by atoms with Crippen molar-refractivity contribution in [3.8, 4) is 0 Å². The molecule has 2 rings (SSSR count). The molecule has 2 heterocycles. The summed E-state index contributed by atoms with van der Waals surface area (Å²) in [6.45, 7) is 0.825. The number of carbonyl (C=O) groups excluding carboxylic acids is 1. The molecule has 5 nitrogen and oxygen atoms in total. The van der Waals surface area contributed by atoms with E-state index in [1.54, 1.807) is 13.1 Å². The van der Waals surface area contributed by atoms with Gasteiger partial charge in [-0.1, -0.05) is 18.3 Å². The molecule has 0 radical (unpaired) electrons. The molecule has 102 valence electrons. The van der Waals surface area contributed by atoms with Crippen LogP contribution in [0.1, 0.15) is 25.0 Å².